The van der Waals surface area contributed by atoms with Gasteiger partial charge in [0.25, 0.3) is 0 Å². The number of thiophene rings is 1. The number of rotatable bonds is 9. The Labute approximate surface area is 432 Å². The molecule has 0 aliphatic heterocycles. The van der Waals surface area contributed by atoms with Crippen LogP contribution in [0.15, 0.2) is 255 Å². The lowest BCUT2D eigenvalue weighted by atomic mass is 9.67. The van der Waals surface area contributed by atoms with Crippen LogP contribution in [-0.2, 0) is 5.41 Å². The zero-order valence-corrected chi connectivity index (χ0v) is 41.5. The van der Waals surface area contributed by atoms with Crippen molar-refractivity contribution in [3.8, 4) is 44.5 Å². The molecule has 2 heteroatoms. The fraction of sp³-hybridized carbons (Fsp3) is 0.0986. The van der Waals surface area contributed by atoms with Gasteiger partial charge in [-0.15, -0.1) is 11.3 Å². The average Bonchev–Trinajstić information content (AvgIpc) is 4.04. The predicted molar refractivity (Wildman–Crippen MR) is 311 cm³/mol. The minimum atomic E-state index is -0.464. The fourth-order valence-corrected chi connectivity index (χ4v) is 14.1. The molecule has 11 aromatic carbocycles. The summed E-state index contributed by atoms with van der Waals surface area (Å²) in [5.41, 5.74) is 19.6. The number of hydrogen-bond acceptors (Lipinski definition) is 2. The third kappa shape index (κ3) is 7.19. The first-order valence-corrected chi connectivity index (χ1v) is 26.9. The minimum absolute atomic E-state index is 0.464. The summed E-state index contributed by atoms with van der Waals surface area (Å²) < 4.78 is 2.64. The SMILES string of the molecule is c1ccc(C2(c3ccccc3)c3ccccc3-c3ccc(-c4ccc(N(c5cccc(-c6cccc7c6sc6ccccc67)c5)c5ccccc5-c5cccc6cccc(C7CCCCC7)c56)cc4)cc32)cc1. The second kappa shape index (κ2) is 18.1. The minimum Gasteiger partial charge on any atom is -0.310 e. The van der Waals surface area contributed by atoms with E-state index < -0.39 is 5.41 Å². The summed E-state index contributed by atoms with van der Waals surface area (Å²) in [4.78, 5) is 2.50. The highest BCUT2D eigenvalue weighted by Gasteiger charge is 2.46. The van der Waals surface area contributed by atoms with Gasteiger partial charge in [0.15, 0.2) is 0 Å². The number of benzene rings is 11. The van der Waals surface area contributed by atoms with Crippen LogP contribution in [0.25, 0.3) is 75.5 Å². The van der Waals surface area contributed by atoms with E-state index in [-0.39, 0.29) is 0 Å². The maximum absolute atomic E-state index is 2.50. The summed E-state index contributed by atoms with van der Waals surface area (Å²) in [6.45, 7) is 0. The molecule has 12 aromatic rings. The van der Waals surface area contributed by atoms with Gasteiger partial charge in [0.05, 0.1) is 11.1 Å². The summed E-state index contributed by atoms with van der Waals surface area (Å²) in [6, 6.07) is 95.6. The second-order valence-electron chi connectivity index (χ2n) is 20.1. The third-order valence-electron chi connectivity index (χ3n) is 16.2. The number of nitrogens with zero attached hydrogens (tertiary/aromatic N) is 1. The predicted octanol–water partition coefficient (Wildman–Crippen LogP) is 20.1. The first kappa shape index (κ1) is 43.5. The largest absolute Gasteiger partial charge is 0.310 e. The van der Waals surface area contributed by atoms with Gasteiger partial charge < -0.3 is 4.90 Å². The van der Waals surface area contributed by atoms with Crippen molar-refractivity contribution in [3.63, 3.8) is 0 Å². The van der Waals surface area contributed by atoms with Crippen LogP contribution < -0.4 is 4.90 Å². The lowest BCUT2D eigenvalue weighted by Gasteiger charge is -2.34. The standard InChI is InChI=1S/C71H53NS/c1-4-20-49(21-5-1)57-33-17-22-50-23-18-35-63(69(50)57)61-31-11-14-38-67(61)72(56-29-16-24-52(46-56)58-34-19-36-64-62-32-12-15-39-68(62)73-70(58)64)55-43-40-48(41-44-55)51-42-45-60-59-30-10-13-37-65(59)71(66(60)47-51,53-25-6-2-7-26-53)54-27-8-3-9-28-54/h2-3,6-19,22-47,49H,1,4-5,20-21H2. The molecule has 14 rings (SSSR count). The Hall–Kier alpha value is -8.30. The summed E-state index contributed by atoms with van der Waals surface area (Å²) in [6.07, 6.45) is 6.45. The number of fused-ring (bicyclic) bond motifs is 7. The van der Waals surface area contributed by atoms with E-state index in [1.165, 1.54) is 135 Å². The Bertz CT molecular complexity index is 3960. The first-order chi connectivity index (χ1) is 36.2. The van der Waals surface area contributed by atoms with Crippen LogP contribution in [0.5, 0.6) is 0 Å². The van der Waals surface area contributed by atoms with Crippen LogP contribution in [0.4, 0.5) is 17.1 Å². The molecule has 0 spiro atoms. The molecule has 1 fully saturated rings. The van der Waals surface area contributed by atoms with Crippen molar-refractivity contribution >= 4 is 59.3 Å². The smallest absolute Gasteiger partial charge is 0.0713 e. The van der Waals surface area contributed by atoms with Crippen LogP contribution in [0.1, 0.15) is 65.8 Å². The van der Waals surface area contributed by atoms with E-state index in [0.717, 1.165) is 17.1 Å². The molecule has 1 heterocycles. The molecule has 0 atom stereocenters. The summed E-state index contributed by atoms with van der Waals surface area (Å²) in [5.74, 6) is 0.571. The zero-order valence-electron chi connectivity index (χ0n) is 40.7. The highest BCUT2D eigenvalue weighted by molar-refractivity contribution is 7.26. The van der Waals surface area contributed by atoms with Gasteiger partial charge in [0.1, 0.15) is 0 Å². The van der Waals surface area contributed by atoms with Crippen molar-refractivity contribution in [3.05, 3.63) is 283 Å². The molecule has 0 bridgehead atoms. The van der Waals surface area contributed by atoms with Crippen LogP contribution in [0.3, 0.4) is 0 Å². The van der Waals surface area contributed by atoms with E-state index in [4.69, 9.17) is 0 Å². The molecule has 1 aromatic heterocycles. The molecular weight excluding hydrogens is 899 g/mol. The van der Waals surface area contributed by atoms with E-state index in [1.54, 1.807) is 0 Å². The highest BCUT2D eigenvalue weighted by atomic mass is 32.1. The van der Waals surface area contributed by atoms with Crippen molar-refractivity contribution in [2.75, 3.05) is 4.90 Å². The molecule has 0 saturated heterocycles. The quantitative estimate of drug-likeness (QED) is 0.139. The average molecular weight is 952 g/mol. The Morgan fingerprint density at radius 3 is 1.81 bits per heavy atom. The van der Waals surface area contributed by atoms with Gasteiger partial charge in [-0.2, -0.15) is 0 Å². The Morgan fingerprint density at radius 1 is 0.384 bits per heavy atom. The number of hydrogen-bond donors (Lipinski definition) is 0. The van der Waals surface area contributed by atoms with Crippen LogP contribution in [0.2, 0.25) is 0 Å². The van der Waals surface area contributed by atoms with E-state index in [2.05, 4.69) is 260 Å². The van der Waals surface area contributed by atoms with E-state index in [9.17, 15) is 0 Å². The van der Waals surface area contributed by atoms with Crippen molar-refractivity contribution in [2.24, 2.45) is 0 Å². The van der Waals surface area contributed by atoms with Gasteiger partial charge in [-0.3, -0.25) is 0 Å². The third-order valence-corrected chi connectivity index (χ3v) is 17.4. The topological polar surface area (TPSA) is 3.24 Å². The first-order valence-electron chi connectivity index (χ1n) is 26.1. The zero-order chi connectivity index (χ0) is 48.3. The Kier molecular flexibility index (Phi) is 10.8. The summed E-state index contributed by atoms with van der Waals surface area (Å²) >= 11 is 1.89. The molecule has 0 N–H and O–H groups in total. The molecule has 0 radical (unpaired) electrons. The lowest BCUT2D eigenvalue weighted by molar-refractivity contribution is 0.445. The van der Waals surface area contributed by atoms with Gasteiger partial charge in [0, 0.05) is 37.1 Å². The Balaban J connectivity index is 0.939. The number of para-hydroxylation sites is 1. The second-order valence-corrected chi connectivity index (χ2v) is 21.2. The van der Waals surface area contributed by atoms with E-state index in [1.807, 2.05) is 11.3 Å². The monoisotopic (exact) mass is 951 g/mol. The maximum atomic E-state index is 2.50. The molecular formula is C71H53NS. The molecule has 0 unspecified atom stereocenters. The van der Waals surface area contributed by atoms with Crippen LogP contribution >= 0.6 is 11.3 Å². The number of anilines is 3. The highest BCUT2D eigenvalue weighted by Crippen LogP contribution is 2.57. The van der Waals surface area contributed by atoms with Crippen molar-refractivity contribution in [2.45, 2.75) is 43.4 Å². The molecule has 1 saturated carbocycles. The van der Waals surface area contributed by atoms with E-state index in [0.29, 0.717) is 5.92 Å². The van der Waals surface area contributed by atoms with Crippen LogP contribution in [0, 0.1) is 0 Å². The van der Waals surface area contributed by atoms with Crippen molar-refractivity contribution < 1.29 is 0 Å². The molecule has 2 aliphatic carbocycles. The molecule has 2 aliphatic rings. The summed E-state index contributed by atoms with van der Waals surface area (Å²) in [5, 5.41) is 5.33. The molecule has 348 valence electrons. The lowest BCUT2D eigenvalue weighted by Crippen LogP contribution is -2.28. The van der Waals surface area contributed by atoms with Gasteiger partial charge in [-0.05, 0) is 139 Å². The van der Waals surface area contributed by atoms with Gasteiger partial charge in [-0.1, -0.05) is 232 Å². The van der Waals surface area contributed by atoms with Crippen LogP contribution in [-0.4, -0.2) is 0 Å². The van der Waals surface area contributed by atoms with Crippen molar-refractivity contribution in [1.29, 1.82) is 0 Å². The normalized spacial score (nSPS) is 14.1. The van der Waals surface area contributed by atoms with Gasteiger partial charge in [-0.25, -0.2) is 0 Å². The molecule has 1 nitrogen and oxygen atoms in total. The van der Waals surface area contributed by atoms with E-state index >= 15 is 0 Å². The molecule has 0 amide bonds. The van der Waals surface area contributed by atoms with Crippen molar-refractivity contribution in [1.82, 2.24) is 0 Å². The fourth-order valence-electron chi connectivity index (χ4n) is 12.9. The Morgan fingerprint density at radius 2 is 1.00 bits per heavy atom. The maximum Gasteiger partial charge on any atom is 0.0713 e. The summed E-state index contributed by atoms with van der Waals surface area (Å²) in [7, 11) is 0. The van der Waals surface area contributed by atoms with Gasteiger partial charge >= 0.3 is 0 Å². The van der Waals surface area contributed by atoms with Gasteiger partial charge in [0.2, 0.25) is 0 Å². The molecule has 73 heavy (non-hydrogen) atoms.